The number of carbonyl (C=O) groups is 1. The number of carbonyl (C=O) groups excluding carboxylic acids is 1. The zero-order valence-electron chi connectivity index (χ0n) is 12.3. The molecule has 21 heavy (non-hydrogen) atoms. The van der Waals surface area contributed by atoms with Crippen molar-refractivity contribution in [3.05, 3.63) is 52.7 Å². The van der Waals surface area contributed by atoms with Gasteiger partial charge in [-0.15, -0.1) is 0 Å². The van der Waals surface area contributed by atoms with Crippen LogP contribution in [0.15, 0.2) is 41.5 Å². The molecule has 0 atom stereocenters. The quantitative estimate of drug-likeness (QED) is 0.918. The number of hydrogen-bond donors (Lipinski definition) is 1. The molecule has 1 heterocycles. The first-order valence-corrected chi connectivity index (χ1v) is 6.56. The lowest BCUT2D eigenvalue weighted by Crippen LogP contribution is -2.27. The van der Waals surface area contributed by atoms with E-state index in [-0.39, 0.29) is 18.0 Å². The molecule has 2 aromatic rings. The van der Waals surface area contributed by atoms with Gasteiger partial charge in [-0.1, -0.05) is 0 Å². The van der Waals surface area contributed by atoms with Gasteiger partial charge in [0.2, 0.25) is 5.91 Å². The summed E-state index contributed by atoms with van der Waals surface area (Å²) in [7, 11) is 3.90. The van der Waals surface area contributed by atoms with Gasteiger partial charge in [0, 0.05) is 37.2 Å². The molecule has 0 fully saturated rings. The first-order chi connectivity index (χ1) is 9.95. The van der Waals surface area contributed by atoms with E-state index >= 15 is 0 Å². The van der Waals surface area contributed by atoms with Gasteiger partial charge in [-0.25, -0.2) is 4.98 Å². The maximum Gasteiger partial charge on any atom is 0.253 e. The summed E-state index contributed by atoms with van der Waals surface area (Å²) in [5.74, 6) is -0.264. The monoisotopic (exact) mass is 286 g/mol. The van der Waals surface area contributed by atoms with E-state index in [0.29, 0.717) is 11.4 Å². The molecular formula is C15H18N4O2. The molecule has 0 aliphatic carbocycles. The Morgan fingerprint density at radius 3 is 2.52 bits per heavy atom. The van der Waals surface area contributed by atoms with E-state index in [2.05, 4.69) is 10.3 Å². The molecule has 0 radical (unpaired) electrons. The van der Waals surface area contributed by atoms with Crippen molar-refractivity contribution < 1.29 is 4.79 Å². The fourth-order valence-corrected chi connectivity index (χ4v) is 1.83. The van der Waals surface area contributed by atoms with Crippen molar-refractivity contribution in [3.63, 3.8) is 0 Å². The maximum atomic E-state index is 11.9. The summed E-state index contributed by atoms with van der Waals surface area (Å²) in [5, 5.41) is 2.75. The average Bonchev–Trinajstić information content (AvgIpc) is 2.42. The van der Waals surface area contributed by atoms with Crippen LogP contribution in [0.3, 0.4) is 0 Å². The third-order valence-corrected chi connectivity index (χ3v) is 3.00. The number of hydrogen-bond acceptors (Lipinski definition) is 4. The summed E-state index contributed by atoms with van der Waals surface area (Å²) < 4.78 is 1.27. The molecule has 6 heteroatoms. The second-order valence-corrected chi connectivity index (χ2v) is 4.99. The molecule has 0 saturated carbocycles. The van der Waals surface area contributed by atoms with Gasteiger partial charge in [-0.3, -0.25) is 14.2 Å². The van der Waals surface area contributed by atoms with Crippen LogP contribution in [-0.4, -0.2) is 29.6 Å². The topological polar surface area (TPSA) is 67.2 Å². The van der Waals surface area contributed by atoms with Crippen LogP contribution in [0, 0.1) is 6.92 Å². The standard InChI is InChI=1S/C15H18N4O2/c1-11-8-15(21)19(10-16-11)9-14(20)17-12-4-6-13(7-5-12)18(2)3/h4-8,10H,9H2,1-3H3,(H,17,20). The molecule has 0 bridgehead atoms. The van der Waals surface area contributed by atoms with Gasteiger partial charge in [-0.05, 0) is 31.2 Å². The summed E-state index contributed by atoms with van der Waals surface area (Å²) in [4.78, 5) is 29.6. The van der Waals surface area contributed by atoms with Crippen molar-refractivity contribution in [2.75, 3.05) is 24.3 Å². The Morgan fingerprint density at radius 2 is 1.95 bits per heavy atom. The fourth-order valence-electron chi connectivity index (χ4n) is 1.83. The SMILES string of the molecule is Cc1cc(=O)n(CC(=O)Nc2ccc(N(C)C)cc2)cn1. The third-order valence-electron chi connectivity index (χ3n) is 3.00. The van der Waals surface area contributed by atoms with E-state index in [1.54, 1.807) is 6.92 Å². The highest BCUT2D eigenvalue weighted by Crippen LogP contribution is 2.15. The highest BCUT2D eigenvalue weighted by Gasteiger charge is 2.06. The molecule has 1 amide bonds. The van der Waals surface area contributed by atoms with Crippen LogP contribution in [-0.2, 0) is 11.3 Å². The smallest absolute Gasteiger partial charge is 0.253 e. The van der Waals surface area contributed by atoms with E-state index in [1.165, 1.54) is 17.0 Å². The normalized spacial score (nSPS) is 10.2. The van der Waals surface area contributed by atoms with Gasteiger partial charge in [-0.2, -0.15) is 0 Å². The second-order valence-electron chi connectivity index (χ2n) is 4.99. The molecule has 1 N–H and O–H groups in total. The third kappa shape index (κ3) is 3.92. The van der Waals surface area contributed by atoms with Crippen LogP contribution in [0.25, 0.3) is 0 Å². The van der Waals surface area contributed by atoms with Crippen LogP contribution in [0.4, 0.5) is 11.4 Å². The van der Waals surface area contributed by atoms with Gasteiger partial charge in [0.25, 0.3) is 5.56 Å². The van der Waals surface area contributed by atoms with Crippen molar-refractivity contribution in [2.45, 2.75) is 13.5 Å². The molecule has 2 rings (SSSR count). The summed E-state index contributed by atoms with van der Waals surface area (Å²) in [5.41, 5.74) is 2.14. The highest BCUT2D eigenvalue weighted by atomic mass is 16.2. The second kappa shape index (κ2) is 6.21. The first kappa shape index (κ1) is 14.8. The number of amides is 1. The molecule has 0 aliphatic rings. The highest BCUT2D eigenvalue weighted by molar-refractivity contribution is 5.90. The largest absolute Gasteiger partial charge is 0.378 e. The zero-order chi connectivity index (χ0) is 15.4. The summed E-state index contributed by atoms with van der Waals surface area (Å²) >= 11 is 0. The Balaban J connectivity index is 2.03. The average molecular weight is 286 g/mol. The minimum Gasteiger partial charge on any atom is -0.378 e. The molecule has 6 nitrogen and oxygen atoms in total. The Morgan fingerprint density at radius 1 is 1.29 bits per heavy atom. The number of rotatable bonds is 4. The molecule has 110 valence electrons. The molecule has 1 aromatic heterocycles. The fraction of sp³-hybridized carbons (Fsp3) is 0.267. The molecule has 0 aliphatic heterocycles. The van der Waals surface area contributed by atoms with Crippen LogP contribution in [0.5, 0.6) is 0 Å². The number of benzene rings is 1. The molecule has 0 unspecified atom stereocenters. The predicted octanol–water partition coefficient (Wildman–Crippen LogP) is 1.26. The lowest BCUT2D eigenvalue weighted by atomic mass is 10.2. The molecular weight excluding hydrogens is 268 g/mol. The van der Waals surface area contributed by atoms with Gasteiger partial charge in [0.1, 0.15) is 6.54 Å². The summed E-state index contributed by atoms with van der Waals surface area (Å²) in [6.45, 7) is 1.68. The summed E-state index contributed by atoms with van der Waals surface area (Å²) in [6, 6.07) is 8.87. The van der Waals surface area contributed by atoms with Gasteiger partial charge in [0.05, 0.1) is 6.33 Å². The molecule has 0 spiro atoms. The minimum atomic E-state index is -0.264. The Kier molecular flexibility index (Phi) is 4.37. The zero-order valence-corrected chi connectivity index (χ0v) is 12.3. The Labute approximate surface area is 123 Å². The lowest BCUT2D eigenvalue weighted by molar-refractivity contribution is -0.116. The molecule has 1 aromatic carbocycles. The number of aryl methyl sites for hydroxylation is 1. The maximum absolute atomic E-state index is 11.9. The lowest BCUT2D eigenvalue weighted by Gasteiger charge is -2.13. The number of aromatic nitrogens is 2. The van der Waals surface area contributed by atoms with Crippen LogP contribution >= 0.6 is 0 Å². The van der Waals surface area contributed by atoms with Crippen molar-refractivity contribution in [1.29, 1.82) is 0 Å². The Hall–Kier alpha value is -2.63. The van der Waals surface area contributed by atoms with E-state index in [0.717, 1.165) is 5.69 Å². The van der Waals surface area contributed by atoms with Gasteiger partial charge in [0.15, 0.2) is 0 Å². The van der Waals surface area contributed by atoms with Crippen molar-refractivity contribution >= 4 is 17.3 Å². The van der Waals surface area contributed by atoms with E-state index in [9.17, 15) is 9.59 Å². The number of nitrogens with one attached hydrogen (secondary N) is 1. The minimum absolute atomic E-state index is 0.0540. The number of anilines is 2. The van der Waals surface area contributed by atoms with Crippen LogP contribution in [0.2, 0.25) is 0 Å². The van der Waals surface area contributed by atoms with Gasteiger partial charge >= 0.3 is 0 Å². The molecule has 0 saturated heterocycles. The van der Waals surface area contributed by atoms with E-state index < -0.39 is 0 Å². The Bertz CT molecular complexity index is 690. The van der Waals surface area contributed by atoms with Crippen molar-refractivity contribution in [3.8, 4) is 0 Å². The van der Waals surface area contributed by atoms with E-state index in [4.69, 9.17) is 0 Å². The van der Waals surface area contributed by atoms with Crippen molar-refractivity contribution in [1.82, 2.24) is 9.55 Å². The first-order valence-electron chi connectivity index (χ1n) is 6.56. The van der Waals surface area contributed by atoms with Gasteiger partial charge < -0.3 is 10.2 Å². The van der Waals surface area contributed by atoms with Crippen molar-refractivity contribution in [2.24, 2.45) is 0 Å². The van der Waals surface area contributed by atoms with E-state index in [1.807, 2.05) is 43.3 Å². The predicted molar refractivity (Wildman–Crippen MR) is 82.6 cm³/mol. The summed E-state index contributed by atoms with van der Waals surface area (Å²) in [6.07, 6.45) is 1.38. The van der Waals surface area contributed by atoms with Crippen LogP contribution in [0.1, 0.15) is 5.69 Å². The van der Waals surface area contributed by atoms with Crippen LogP contribution < -0.4 is 15.8 Å². The number of nitrogens with zero attached hydrogens (tertiary/aromatic N) is 3.